The first-order valence-electron chi connectivity index (χ1n) is 12.5. The number of benzene rings is 2. The van der Waals surface area contributed by atoms with E-state index >= 15 is 0 Å². The van der Waals surface area contributed by atoms with Crippen molar-refractivity contribution in [1.82, 2.24) is 4.90 Å². The number of nitrogens with zero attached hydrogens (tertiary/aromatic N) is 1. The number of Topliss-reactive ketones (excluding diaryl/α,β-unsaturated/α-hetero) is 1. The Morgan fingerprint density at radius 1 is 0.971 bits per heavy atom. The van der Waals surface area contributed by atoms with E-state index in [1.165, 1.54) is 4.90 Å². The van der Waals surface area contributed by atoms with Crippen LogP contribution in [0.5, 0.6) is 11.5 Å². The van der Waals surface area contributed by atoms with Crippen LogP contribution in [0.1, 0.15) is 51.3 Å². The first-order valence-corrected chi connectivity index (χ1v) is 12.5. The second kappa shape index (κ2) is 12.4. The molecule has 0 saturated carbocycles. The van der Waals surface area contributed by atoms with E-state index in [4.69, 9.17) is 9.47 Å². The number of rotatable bonds is 12. The quantitative estimate of drug-likeness (QED) is 0.286. The average molecular weight is 481 g/mol. The number of hydrogen-bond acceptors (Lipinski definition) is 5. The minimum absolute atomic E-state index is 0.0126. The van der Waals surface area contributed by atoms with Gasteiger partial charge in [-0.15, -0.1) is 0 Å². The number of ether oxygens (including phenoxy) is 2. The zero-order valence-corrected chi connectivity index (χ0v) is 21.1. The second-order valence-corrected chi connectivity index (χ2v) is 8.56. The van der Waals surface area contributed by atoms with Crippen LogP contribution in [0.15, 0.2) is 54.1 Å². The molecule has 2 aromatic rings. The molecule has 0 bridgehead atoms. The van der Waals surface area contributed by atoms with Gasteiger partial charge in [-0.3, -0.25) is 9.59 Å². The van der Waals surface area contributed by atoms with E-state index in [9.17, 15) is 14.7 Å². The second-order valence-electron chi connectivity index (χ2n) is 8.56. The van der Waals surface area contributed by atoms with Crippen LogP contribution in [0.4, 0.5) is 0 Å². The van der Waals surface area contributed by atoms with Gasteiger partial charge in [-0.25, -0.2) is 0 Å². The van der Waals surface area contributed by atoms with Crippen LogP contribution in [0, 0.1) is 0 Å². The SMILES string of the molecule is CCCOc1cccc(C2C(=C([O-])c3ccc(OCC)cc3)C(=O)C(=O)N2CC[NH+](CC)CC)c1. The Hall–Kier alpha value is -3.32. The fourth-order valence-corrected chi connectivity index (χ4v) is 4.35. The molecule has 1 fully saturated rings. The number of carbonyl (C=O) groups excluding carboxylic acids is 2. The third kappa shape index (κ3) is 6.03. The van der Waals surface area contributed by atoms with Gasteiger partial charge >= 0.3 is 0 Å². The highest BCUT2D eigenvalue weighted by Gasteiger charge is 2.44. The van der Waals surface area contributed by atoms with E-state index in [1.807, 2.05) is 38.1 Å². The molecule has 188 valence electrons. The summed E-state index contributed by atoms with van der Waals surface area (Å²) in [6, 6.07) is 13.3. The van der Waals surface area contributed by atoms with E-state index in [0.29, 0.717) is 48.9 Å². The van der Waals surface area contributed by atoms with Gasteiger partial charge < -0.3 is 24.4 Å². The summed E-state index contributed by atoms with van der Waals surface area (Å²) in [6.45, 7) is 12.1. The van der Waals surface area contributed by atoms with Crippen LogP contribution in [0.3, 0.4) is 0 Å². The smallest absolute Gasteiger partial charge is 0.295 e. The summed E-state index contributed by atoms with van der Waals surface area (Å²) in [4.78, 5) is 29.2. The Morgan fingerprint density at radius 3 is 2.31 bits per heavy atom. The average Bonchev–Trinajstić information content (AvgIpc) is 3.13. The minimum Gasteiger partial charge on any atom is -0.872 e. The summed E-state index contributed by atoms with van der Waals surface area (Å²) in [6.07, 6.45) is 0.858. The van der Waals surface area contributed by atoms with Crippen molar-refractivity contribution in [2.45, 2.75) is 40.2 Å². The molecule has 1 unspecified atom stereocenters. The van der Waals surface area contributed by atoms with Gasteiger partial charge in [-0.05, 0) is 62.6 Å². The summed E-state index contributed by atoms with van der Waals surface area (Å²) >= 11 is 0. The molecule has 1 heterocycles. The van der Waals surface area contributed by atoms with Crippen LogP contribution in [0.2, 0.25) is 0 Å². The third-order valence-electron chi connectivity index (χ3n) is 6.31. The van der Waals surface area contributed by atoms with Crippen LogP contribution in [-0.4, -0.2) is 56.0 Å². The number of hydrogen-bond donors (Lipinski definition) is 1. The number of amides is 1. The highest BCUT2D eigenvalue weighted by Crippen LogP contribution is 2.39. The zero-order chi connectivity index (χ0) is 25.4. The normalized spacial score (nSPS) is 17.3. The number of likely N-dealkylation sites (N-methyl/N-ethyl adjacent to an activating group) is 1. The standard InChI is InChI=1S/C28H36N2O5/c1-5-18-35-23-11-9-10-21(19-23)25-24(26(31)20-12-14-22(15-13-20)34-8-4)27(32)28(33)30(25)17-16-29(6-2)7-3/h9-15,19,25,31H,5-8,16-18H2,1-4H3. The predicted octanol–water partition coefficient (Wildman–Crippen LogP) is 2.02. The molecule has 1 N–H and O–H groups in total. The maximum absolute atomic E-state index is 13.6. The molecule has 2 aromatic carbocycles. The van der Waals surface area contributed by atoms with Crippen molar-refractivity contribution in [3.8, 4) is 11.5 Å². The van der Waals surface area contributed by atoms with Gasteiger partial charge in [0.05, 0.1) is 45.4 Å². The number of likely N-dealkylation sites (tertiary alicyclic amines) is 1. The lowest BCUT2D eigenvalue weighted by Crippen LogP contribution is -3.12. The van der Waals surface area contributed by atoms with E-state index in [-0.39, 0.29) is 5.57 Å². The first kappa shape index (κ1) is 26.3. The highest BCUT2D eigenvalue weighted by atomic mass is 16.5. The first-order chi connectivity index (χ1) is 16.9. The fraction of sp³-hybridized carbons (Fsp3) is 0.429. The molecule has 7 heteroatoms. The number of quaternary nitrogens is 1. The van der Waals surface area contributed by atoms with Gasteiger partial charge in [0.1, 0.15) is 11.5 Å². The lowest BCUT2D eigenvalue weighted by atomic mass is 9.95. The molecule has 7 nitrogen and oxygen atoms in total. The summed E-state index contributed by atoms with van der Waals surface area (Å²) in [5.41, 5.74) is 1.03. The highest BCUT2D eigenvalue weighted by molar-refractivity contribution is 6.46. The molecule has 3 rings (SSSR count). The molecule has 0 radical (unpaired) electrons. The maximum Gasteiger partial charge on any atom is 0.295 e. The van der Waals surface area contributed by atoms with Crippen LogP contribution < -0.4 is 19.5 Å². The van der Waals surface area contributed by atoms with Crippen molar-refractivity contribution < 1.29 is 29.1 Å². The molecule has 0 aromatic heterocycles. The number of ketones is 1. The van der Waals surface area contributed by atoms with Crippen LogP contribution >= 0.6 is 0 Å². The Balaban J connectivity index is 2.07. The largest absolute Gasteiger partial charge is 0.872 e. The lowest BCUT2D eigenvalue weighted by molar-refractivity contribution is -0.895. The van der Waals surface area contributed by atoms with Gasteiger partial charge in [0, 0.05) is 5.57 Å². The molecule has 1 atom stereocenters. The summed E-state index contributed by atoms with van der Waals surface area (Å²) < 4.78 is 11.3. The zero-order valence-electron chi connectivity index (χ0n) is 21.1. The lowest BCUT2D eigenvalue weighted by Gasteiger charge is -2.28. The Kier molecular flexibility index (Phi) is 9.32. The van der Waals surface area contributed by atoms with E-state index in [1.54, 1.807) is 29.2 Å². The minimum atomic E-state index is -0.755. The molecular weight excluding hydrogens is 444 g/mol. The van der Waals surface area contributed by atoms with Crippen LogP contribution in [-0.2, 0) is 9.59 Å². The van der Waals surface area contributed by atoms with Gasteiger partial charge in [-0.2, -0.15) is 0 Å². The van der Waals surface area contributed by atoms with Gasteiger partial charge in [0.2, 0.25) is 5.78 Å². The van der Waals surface area contributed by atoms with E-state index < -0.39 is 23.5 Å². The Bertz CT molecular complexity index is 1040. The molecule has 1 saturated heterocycles. The Labute approximate surface area is 207 Å². The topological polar surface area (TPSA) is 83.3 Å². The van der Waals surface area contributed by atoms with Gasteiger partial charge in [0.15, 0.2) is 0 Å². The van der Waals surface area contributed by atoms with Crippen LogP contribution in [0.25, 0.3) is 5.76 Å². The fourth-order valence-electron chi connectivity index (χ4n) is 4.35. The number of nitrogens with one attached hydrogen (secondary N) is 1. The van der Waals surface area contributed by atoms with Crippen molar-refractivity contribution in [3.05, 3.63) is 65.2 Å². The van der Waals surface area contributed by atoms with Crippen molar-refractivity contribution in [2.75, 3.05) is 39.4 Å². The molecule has 0 spiro atoms. The molecule has 0 aliphatic carbocycles. The van der Waals surface area contributed by atoms with Gasteiger partial charge in [-0.1, -0.05) is 36.9 Å². The molecule has 1 amide bonds. The van der Waals surface area contributed by atoms with E-state index in [2.05, 4.69) is 13.8 Å². The monoisotopic (exact) mass is 480 g/mol. The van der Waals surface area contributed by atoms with E-state index in [0.717, 1.165) is 19.5 Å². The maximum atomic E-state index is 13.6. The van der Waals surface area contributed by atoms with Gasteiger partial charge in [0.25, 0.3) is 5.91 Å². The van der Waals surface area contributed by atoms with Crippen molar-refractivity contribution in [3.63, 3.8) is 0 Å². The summed E-state index contributed by atoms with van der Waals surface area (Å²) in [5.74, 6) is -0.504. The molecule has 1 aliphatic rings. The molecule has 1 aliphatic heterocycles. The number of carbonyl (C=O) groups is 2. The predicted molar refractivity (Wildman–Crippen MR) is 133 cm³/mol. The molecular formula is C28H36N2O5. The summed E-state index contributed by atoms with van der Waals surface area (Å²) in [5, 5.41) is 13.6. The molecule has 35 heavy (non-hydrogen) atoms. The van der Waals surface area contributed by atoms with Crippen molar-refractivity contribution >= 4 is 17.4 Å². The Morgan fingerprint density at radius 2 is 1.69 bits per heavy atom. The third-order valence-corrected chi connectivity index (χ3v) is 6.31. The van der Waals surface area contributed by atoms with Crippen molar-refractivity contribution in [2.24, 2.45) is 0 Å². The summed E-state index contributed by atoms with van der Waals surface area (Å²) in [7, 11) is 0. The van der Waals surface area contributed by atoms with Crippen molar-refractivity contribution in [1.29, 1.82) is 0 Å².